The van der Waals surface area contributed by atoms with E-state index in [-0.39, 0.29) is 11.8 Å². The van der Waals surface area contributed by atoms with E-state index in [2.05, 4.69) is 20.4 Å². The molecule has 8 rings (SSSR count). The second kappa shape index (κ2) is 11.5. The van der Waals surface area contributed by atoms with Gasteiger partial charge < -0.3 is 20.4 Å². The molecule has 2 aromatic rings. The molecular formula is C28H34Cl2N4O2. The highest BCUT2D eigenvalue weighted by atomic mass is 35.5. The molecule has 6 fully saturated rings. The summed E-state index contributed by atoms with van der Waals surface area (Å²) in [4.78, 5) is 29.2. The summed E-state index contributed by atoms with van der Waals surface area (Å²) in [7, 11) is 0. The summed E-state index contributed by atoms with van der Waals surface area (Å²) in [6.07, 6.45) is 4.84. The average molecular weight is 530 g/mol. The lowest BCUT2D eigenvalue weighted by molar-refractivity contribution is 0.0617. The van der Waals surface area contributed by atoms with E-state index in [1.807, 2.05) is 24.3 Å². The van der Waals surface area contributed by atoms with Crippen LogP contribution < -0.4 is 10.6 Å². The Kier molecular flexibility index (Phi) is 8.16. The van der Waals surface area contributed by atoms with E-state index in [0.717, 1.165) is 13.1 Å². The number of carbonyl (C=O) groups excluding carboxylic acids is 2. The highest BCUT2D eigenvalue weighted by Crippen LogP contribution is 2.28. The number of hydrogen-bond donors (Lipinski definition) is 2. The van der Waals surface area contributed by atoms with Crippen molar-refractivity contribution in [3.05, 3.63) is 69.7 Å². The summed E-state index contributed by atoms with van der Waals surface area (Å²) in [5.41, 5.74) is 1.30. The van der Waals surface area contributed by atoms with Gasteiger partial charge in [-0.25, -0.2) is 0 Å². The zero-order chi connectivity index (χ0) is 25.1. The summed E-state index contributed by atoms with van der Waals surface area (Å²) in [5.74, 6) is 1.30. The quantitative estimate of drug-likeness (QED) is 0.619. The van der Waals surface area contributed by atoms with Crippen LogP contribution in [-0.2, 0) is 0 Å². The van der Waals surface area contributed by atoms with Crippen molar-refractivity contribution in [3.63, 3.8) is 0 Å². The number of halogens is 2. The Morgan fingerprint density at radius 2 is 1.06 bits per heavy atom. The first-order valence-corrected chi connectivity index (χ1v) is 13.8. The van der Waals surface area contributed by atoms with Crippen LogP contribution in [0.4, 0.5) is 0 Å². The fourth-order valence-electron chi connectivity index (χ4n) is 6.02. The van der Waals surface area contributed by atoms with E-state index in [1.165, 1.54) is 51.9 Å². The van der Waals surface area contributed by atoms with Crippen molar-refractivity contribution >= 4 is 35.0 Å². The number of nitrogens with one attached hydrogen (secondary N) is 2. The summed E-state index contributed by atoms with van der Waals surface area (Å²) < 4.78 is 0. The lowest BCUT2D eigenvalue weighted by atomic mass is 9.84. The van der Waals surface area contributed by atoms with Gasteiger partial charge in [-0.1, -0.05) is 35.3 Å². The fraction of sp³-hybridized carbons (Fsp3) is 0.500. The predicted octanol–water partition coefficient (Wildman–Crippen LogP) is 4.33. The molecule has 0 aliphatic carbocycles. The minimum absolute atomic E-state index is 0.00347. The maximum absolute atomic E-state index is 12.2. The second-order valence-electron chi connectivity index (χ2n) is 10.5. The first-order chi connectivity index (χ1) is 17.4. The van der Waals surface area contributed by atoms with E-state index >= 15 is 0 Å². The molecule has 0 saturated carbocycles. The van der Waals surface area contributed by atoms with Gasteiger partial charge >= 0.3 is 0 Å². The second-order valence-corrected chi connectivity index (χ2v) is 11.3. The van der Waals surface area contributed by atoms with Gasteiger partial charge in [-0.3, -0.25) is 9.59 Å². The van der Waals surface area contributed by atoms with Gasteiger partial charge in [-0.2, -0.15) is 0 Å². The standard InChI is InChI=1S/2C14H17ClN2O/c2*15-12-3-1-2-11(8-12)14(18)16-13-9-17-6-4-10(13)5-7-17/h2*1-3,8,10,13H,4-7,9H2,(H,16,18). The van der Waals surface area contributed by atoms with Crippen molar-refractivity contribution in [2.45, 2.75) is 37.8 Å². The Morgan fingerprint density at radius 1 is 0.667 bits per heavy atom. The third kappa shape index (κ3) is 6.23. The summed E-state index contributed by atoms with van der Waals surface area (Å²) in [6.45, 7) is 6.75. The van der Waals surface area contributed by atoms with Crippen LogP contribution in [-0.4, -0.2) is 73.0 Å². The molecule has 192 valence electrons. The van der Waals surface area contributed by atoms with E-state index in [1.54, 1.807) is 24.3 Å². The molecule has 2 aromatic carbocycles. The molecule has 6 aliphatic heterocycles. The van der Waals surface area contributed by atoms with Gasteiger partial charge in [0.15, 0.2) is 0 Å². The molecule has 36 heavy (non-hydrogen) atoms. The maximum atomic E-state index is 12.2. The molecule has 2 amide bonds. The van der Waals surface area contributed by atoms with Crippen molar-refractivity contribution < 1.29 is 9.59 Å². The number of carbonyl (C=O) groups is 2. The molecule has 6 heterocycles. The number of nitrogens with zero attached hydrogens (tertiary/aromatic N) is 2. The van der Waals surface area contributed by atoms with E-state index in [0.29, 0.717) is 45.1 Å². The molecule has 2 atom stereocenters. The molecular weight excluding hydrogens is 495 g/mol. The Hall–Kier alpha value is -2.12. The number of piperidine rings is 6. The van der Waals surface area contributed by atoms with Crippen LogP contribution in [0.5, 0.6) is 0 Å². The van der Waals surface area contributed by atoms with Crippen molar-refractivity contribution in [3.8, 4) is 0 Å². The minimum Gasteiger partial charge on any atom is -0.348 e. The highest BCUT2D eigenvalue weighted by molar-refractivity contribution is 6.31. The van der Waals surface area contributed by atoms with Crippen LogP contribution in [0.3, 0.4) is 0 Å². The third-order valence-electron chi connectivity index (χ3n) is 8.12. The van der Waals surface area contributed by atoms with Gasteiger partial charge in [0.1, 0.15) is 0 Å². The highest BCUT2D eigenvalue weighted by Gasteiger charge is 2.36. The Bertz CT molecular complexity index is 995. The molecule has 0 spiro atoms. The van der Waals surface area contributed by atoms with Crippen molar-refractivity contribution in [2.24, 2.45) is 11.8 Å². The molecule has 0 aromatic heterocycles. The summed E-state index contributed by atoms with van der Waals surface area (Å²) >= 11 is 11.8. The van der Waals surface area contributed by atoms with Crippen molar-refractivity contribution in [1.82, 2.24) is 20.4 Å². The van der Waals surface area contributed by atoms with E-state index < -0.39 is 0 Å². The Balaban J connectivity index is 0.000000148. The van der Waals surface area contributed by atoms with Crippen LogP contribution in [0.15, 0.2) is 48.5 Å². The number of fused-ring (bicyclic) bond motifs is 6. The summed E-state index contributed by atoms with van der Waals surface area (Å²) in [5, 5.41) is 7.52. The fourth-order valence-corrected chi connectivity index (χ4v) is 6.40. The molecule has 6 saturated heterocycles. The molecule has 0 radical (unpaired) electrons. The lowest BCUT2D eigenvalue weighted by Gasteiger charge is -2.44. The predicted molar refractivity (Wildman–Crippen MR) is 144 cm³/mol. The third-order valence-corrected chi connectivity index (χ3v) is 8.59. The number of amides is 2. The first kappa shape index (κ1) is 25.5. The van der Waals surface area contributed by atoms with Crippen LogP contribution in [0.25, 0.3) is 0 Å². The monoisotopic (exact) mass is 528 g/mol. The SMILES string of the molecule is O=C(NC1CN2CCC1CC2)c1cccc(Cl)c1.O=C(NC1CN2CCC1CC2)c1cccc(Cl)c1. The first-order valence-electron chi connectivity index (χ1n) is 13.0. The molecule has 6 nitrogen and oxygen atoms in total. The largest absolute Gasteiger partial charge is 0.348 e. The Morgan fingerprint density at radius 3 is 1.36 bits per heavy atom. The van der Waals surface area contributed by atoms with E-state index in [4.69, 9.17) is 23.2 Å². The van der Waals surface area contributed by atoms with Gasteiger partial charge in [-0.15, -0.1) is 0 Å². The summed E-state index contributed by atoms with van der Waals surface area (Å²) in [6, 6.07) is 14.9. The number of benzene rings is 2. The topological polar surface area (TPSA) is 64.7 Å². The normalized spacial score (nSPS) is 30.2. The van der Waals surface area contributed by atoms with Crippen LogP contribution in [0.1, 0.15) is 46.4 Å². The molecule has 4 bridgehead atoms. The average Bonchev–Trinajstić information content (AvgIpc) is 2.90. The smallest absolute Gasteiger partial charge is 0.251 e. The lowest BCUT2D eigenvalue weighted by Crippen LogP contribution is -2.57. The van der Waals surface area contributed by atoms with Crippen molar-refractivity contribution in [2.75, 3.05) is 39.3 Å². The molecule has 8 heteroatoms. The van der Waals surface area contributed by atoms with Gasteiger partial charge in [-0.05, 0) is 100 Å². The van der Waals surface area contributed by atoms with Crippen molar-refractivity contribution in [1.29, 1.82) is 0 Å². The van der Waals surface area contributed by atoms with Crippen LogP contribution >= 0.6 is 23.2 Å². The number of hydrogen-bond acceptors (Lipinski definition) is 4. The molecule has 2 N–H and O–H groups in total. The van der Waals surface area contributed by atoms with Gasteiger partial charge in [0.2, 0.25) is 0 Å². The Labute approximate surface area is 223 Å². The minimum atomic E-state index is -0.00347. The zero-order valence-corrected chi connectivity index (χ0v) is 22.0. The van der Waals surface area contributed by atoms with Gasteiger partial charge in [0.25, 0.3) is 11.8 Å². The van der Waals surface area contributed by atoms with Gasteiger partial charge in [0, 0.05) is 46.3 Å². The maximum Gasteiger partial charge on any atom is 0.251 e. The molecule has 2 unspecified atom stereocenters. The van der Waals surface area contributed by atoms with Gasteiger partial charge in [0.05, 0.1) is 0 Å². The van der Waals surface area contributed by atoms with E-state index in [9.17, 15) is 9.59 Å². The van der Waals surface area contributed by atoms with Crippen LogP contribution in [0.2, 0.25) is 10.0 Å². The zero-order valence-electron chi connectivity index (χ0n) is 20.5. The number of rotatable bonds is 4. The van der Waals surface area contributed by atoms with Crippen LogP contribution in [0, 0.1) is 11.8 Å². The molecule has 6 aliphatic rings.